The highest BCUT2D eigenvalue weighted by Crippen LogP contribution is 2.39. The maximum absolute atomic E-state index is 13.5. The number of fused-ring (bicyclic) bond motifs is 2. The van der Waals surface area contributed by atoms with Crippen LogP contribution in [0.5, 0.6) is 0 Å². The number of aliphatic imine (C=N–C) groups is 1. The van der Waals surface area contributed by atoms with Crippen molar-refractivity contribution in [2.24, 2.45) is 4.99 Å². The van der Waals surface area contributed by atoms with Crippen LogP contribution in [0.25, 0.3) is 0 Å². The maximum Gasteiger partial charge on any atom is 0.263 e. The highest BCUT2D eigenvalue weighted by atomic mass is 35.5. The second-order valence-corrected chi connectivity index (χ2v) is 16.0. The number of amidine groups is 2. The molecule has 1 atom stereocenters. The molecule has 0 aliphatic carbocycles. The van der Waals surface area contributed by atoms with Crippen LogP contribution in [0, 0.1) is 29.6 Å². The van der Waals surface area contributed by atoms with Crippen molar-refractivity contribution in [2.45, 2.75) is 65.1 Å². The molecule has 5 heterocycles. The van der Waals surface area contributed by atoms with Crippen LogP contribution in [0.1, 0.15) is 87.4 Å². The second kappa shape index (κ2) is 17.3. The van der Waals surface area contributed by atoms with E-state index in [1.54, 1.807) is 37.1 Å². The molecule has 2 aromatic heterocycles. The Bertz CT molecular complexity index is 2400. The molecule has 4 amide bonds. The number of carbonyl (C=O) groups excluding carboxylic acids is 4. The largest absolute Gasteiger partial charge is 0.382 e. The first-order valence-corrected chi connectivity index (χ1v) is 20.3. The first-order valence-electron chi connectivity index (χ1n) is 19.1. The minimum Gasteiger partial charge on any atom is -0.382 e. The Morgan fingerprint density at radius 1 is 1.09 bits per heavy atom. The van der Waals surface area contributed by atoms with E-state index in [2.05, 4.69) is 32.5 Å². The third-order valence-corrected chi connectivity index (χ3v) is 12.1. The van der Waals surface area contributed by atoms with Gasteiger partial charge in [-0.1, -0.05) is 41.6 Å². The molecule has 7 rings (SSSR count). The van der Waals surface area contributed by atoms with Gasteiger partial charge in [0.1, 0.15) is 16.7 Å². The number of nitrogens with one attached hydrogen (secondary N) is 4. The molecule has 3 aliphatic rings. The highest BCUT2D eigenvalue weighted by molar-refractivity contribution is 7.17. The summed E-state index contributed by atoms with van der Waals surface area (Å²) in [7, 11) is 0. The zero-order chi connectivity index (χ0) is 41.1. The molecule has 0 saturated carbocycles. The molecule has 14 nitrogen and oxygen atoms in total. The van der Waals surface area contributed by atoms with Gasteiger partial charge >= 0.3 is 0 Å². The van der Waals surface area contributed by atoms with Crippen molar-refractivity contribution in [1.29, 1.82) is 10.8 Å². The van der Waals surface area contributed by atoms with E-state index in [1.165, 1.54) is 16.2 Å². The number of hydrogen-bond acceptors (Lipinski definition) is 11. The van der Waals surface area contributed by atoms with E-state index < -0.39 is 11.9 Å². The van der Waals surface area contributed by atoms with Crippen LogP contribution < -0.4 is 15.5 Å². The van der Waals surface area contributed by atoms with E-state index in [-0.39, 0.29) is 48.9 Å². The number of halogens is 1. The normalized spacial score (nSPS) is 16.2. The lowest BCUT2D eigenvalue weighted by Gasteiger charge is -2.33. The number of carbonyl (C=O) groups is 4. The first kappa shape index (κ1) is 40.3. The lowest BCUT2D eigenvalue weighted by atomic mass is 9.99. The predicted molar refractivity (Wildman–Crippen MR) is 226 cm³/mol. The SMILES string of the molecule is CC(=N)N1C(=N)CN=C(c2ccc(Cl)cc2)c2c1sc(C#Cc1cnn(CCN3CCC(Nc4cccc5c4C(=O)N(C(C)CCC(=O)NC=O)C5=O)CC3)c1)c2C. The van der Waals surface area contributed by atoms with Crippen molar-refractivity contribution >= 4 is 75.1 Å². The summed E-state index contributed by atoms with van der Waals surface area (Å²) in [6.45, 7) is 8.77. The number of nitrogens with zero attached hydrogens (tertiary/aromatic N) is 6. The molecular formula is C42H43ClN10O4S. The Morgan fingerprint density at radius 3 is 2.57 bits per heavy atom. The summed E-state index contributed by atoms with van der Waals surface area (Å²) in [4.78, 5) is 60.0. The van der Waals surface area contributed by atoms with Crippen molar-refractivity contribution < 1.29 is 19.2 Å². The summed E-state index contributed by atoms with van der Waals surface area (Å²) in [5.74, 6) is 5.87. The van der Waals surface area contributed by atoms with Gasteiger partial charge in [-0.15, -0.1) is 11.3 Å². The number of anilines is 2. The van der Waals surface area contributed by atoms with Crippen LogP contribution in [0.2, 0.25) is 5.02 Å². The van der Waals surface area contributed by atoms with Gasteiger partial charge in [0, 0.05) is 66.2 Å². The van der Waals surface area contributed by atoms with Crippen LogP contribution in [0.3, 0.4) is 0 Å². The molecule has 0 spiro atoms. The Morgan fingerprint density at radius 2 is 1.84 bits per heavy atom. The van der Waals surface area contributed by atoms with Gasteiger partial charge in [0.05, 0.1) is 46.6 Å². The van der Waals surface area contributed by atoms with E-state index >= 15 is 0 Å². The number of benzene rings is 2. The zero-order valence-corrected chi connectivity index (χ0v) is 34.0. The molecule has 3 aliphatic heterocycles. The average Bonchev–Trinajstić information content (AvgIpc) is 3.84. The van der Waals surface area contributed by atoms with E-state index in [0.29, 0.717) is 34.8 Å². The summed E-state index contributed by atoms with van der Waals surface area (Å²) in [5, 5.41) is 28.7. The lowest BCUT2D eigenvalue weighted by Crippen LogP contribution is -2.41. The van der Waals surface area contributed by atoms with Crippen molar-refractivity contribution in [2.75, 3.05) is 36.4 Å². The topological polar surface area (TPSA) is 180 Å². The number of thiophene rings is 1. The minimum atomic E-state index is -0.509. The number of hydrogen-bond donors (Lipinski definition) is 4. The van der Waals surface area contributed by atoms with Crippen LogP contribution in [0.4, 0.5) is 10.7 Å². The summed E-state index contributed by atoms with van der Waals surface area (Å²) in [5.41, 5.74) is 5.57. The van der Waals surface area contributed by atoms with Gasteiger partial charge in [-0.3, -0.25) is 54.8 Å². The predicted octanol–water partition coefficient (Wildman–Crippen LogP) is 5.55. The van der Waals surface area contributed by atoms with E-state index in [0.717, 1.165) is 70.3 Å². The average molecular weight is 819 g/mol. The third-order valence-electron chi connectivity index (χ3n) is 10.6. The Labute approximate surface area is 345 Å². The van der Waals surface area contributed by atoms with Gasteiger partial charge in [0.25, 0.3) is 11.8 Å². The van der Waals surface area contributed by atoms with Crippen molar-refractivity contribution in [3.8, 4) is 11.8 Å². The summed E-state index contributed by atoms with van der Waals surface area (Å²) < 4.78 is 1.90. The molecule has 1 saturated heterocycles. The molecule has 16 heteroatoms. The number of aromatic nitrogens is 2. The van der Waals surface area contributed by atoms with E-state index in [9.17, 15) is 19.2 Å². The molecule has 1 unspecified atom stereocenters. The molecule has 0 bridgehead atoms. The fourth-order valence-corrected chi connectivity index (χ4v) is 8.92. The number of amides is 4. The van der Waals surface area contributed by atoms with E-state index in [4.69, 9.17) is 27.4 Å². The molecule has 298 valence electrons. The second-order valence-electron chi connectivity index (χ2n) is 14.6. The van der Waals surface area contributed by atoms with Crippen LogP contribution >= 0.6 is 22.9 Å². The maximum atomic E-state index is 13.5. The number of likely N-dealkylation sites (tertiary alicyclic amines) is 1. The molecule has 4 N–H and O–H groups in total. The monoisotopic (exact) mass is 818 g/mol. The van der Waals surface area contributed by atoms with Gasteiger partial charge < -0.3 is 10.2 Å². The van der Waals surface area contributed by atoms with Gasteiger partial charge in [-0.2, -0.15) is 5.10 Å². The van der Waals surface area contributed by atoms with Gasteiger partial charge in [-0.25, -0.2) is 0 Å². The van der Waals surface area contributed by atoms with Crippen LogP contribution in [-0.4, -0.2) is 99.4 Å². The third kappa shape index (κ3) is 8.36. The fourth-order valence-electron chi connectivity index (χ4n) is 7.55. The fraction of sp³-hybridized carbons (Fsp3) is 0.333. The van der Waals surface area contributed by atoms with Crippen molar-refractivity contribution in [3.63, 3.8) is 0 Å². The van der Waals surface area contributed by atoms with Gasteiger partial charge in [0.2, 0.25) is 12.3 Å². The summed E-state index contributed by atoms with van der Waals surface area (Å²) >= 11 is 7.63. The standard InChI is InChI=1S/C42H43ClN10O4S/c1-25(7-14-36(55)47-24-54)52-40(56)32-5-4-6-33(38(32)41(52)57)49-31-15-17-50(18-16-31)19-20-51-23-28(21-48-51)8-13-34-26(2)37-39(29-9-11-30(43)12-10-29)46-22-35(45)53(27(3)44)42(37)58-34/h4-6,9-12,21,23-25,31,44-45,49H,7,14-20,22H2,1-3H3,(H,47,54,55). The molecule has 58 heavy (non-hydrogen) atoms. The zero-order valence-electron chi connectivity index (χ0n) is 32.4. The quantitative estimate of drug-likeness (QED) is 0.0500. The molecule has 2 aromatic carbocycles. The van der Waals surface area contributed by atoms with Crippen LogP contribution in [-0.2, 0) is 16.1 Å². The summed E-state index contributed by atoms with van der Waals surface area (Å²) in [6, 6.07) is 12.4. The number of imide groups is 2. The van der Waals surface area contributed by atoms with Crippen LogP contribution in [0.15, 0.2) is 59.9 Å². The smallest absolute Gasteiger partial charge is 0.263 e. The Balaban J connectivity index is 0.955. The van der Waals surface area contributed by atoms with Gasteiger partial charge in [0.15, 0.2) is 0 Å². The van der Waals surface area contributed by atoms with Gasteiger partial charge in [-0.05, 0) is 69.9 Å². The highest BCUT2D eigenvalue weighted by Gasteiger charge is 2.40. The van der Waals surface area contributed by atoms with Crippen molar-refractivity contribution in [3.05, 3.63) is 98.1 Å². The Kier molecular flexibility index (Phi) is 12.0. The van der Waals surface area contributed by atoms with E-state index in [1.807, 2.05) is 48.1 Å². The molecular weight excluding hydrogens is 776 g/mol. The summed E-state index contributed by atoms with van der Waals surface area (Å²) in [6.07, 6.45) is 6.01. The molecule has 0 radical (unpaired) electrons. The minimum absolute atomic E-state index is 0.0216. The molecule has 4 aromatic rings. The lowest BCUT2D eigenvalue weighted by molar-refractivity contribution is -0.125. The van der Waals surface area contributed by atoms with Crippen molar-refractivity contribution in [1.82, 2.24) is 24.9 Å². The number of piperidine rings is 1. The number of rotatable bonds is 11. The first-order chi connectivity index (χ1) is 27.9. The molecule has 1 fully saturated rings. The Hall–Kier alpha value is -5.95.